The van der Waals surface area contributed by atoms with Crippen LogP contribution in [-0.2, 0) is 23.9 Å². The second-order valence-electron chi connectivity index (χ2n) is 6.62. The van der Waals surface area contributed by atoms with Crippen LogP contribution in [0.1, 0.15) is 41.0 Å². The van der Waals surface area contributed by atoms with Crippen LogP contribution in [0.2, 0.25) is 0 Å². The molecule has 0 heterocycles. The predicted molar refractivity (Wildman–Crippen MR) is 83.4 cm³/mol. The third-order valence-corrected chi connectivity index (χ3v) is 3.74. The molecular formula is C17H26O6. The average Bonchev–Trinajstić information content (AvgIpc) is 2.40. The molecule has 0 aromatic heterocycles. The van der Waals surface area contributed by atoms with Gasteiger partial charge in [0.05, 0.1) is 6.61 Å². The van der Waals surface area contributed by atoms with E-state index in [0.29, 0.717) is 0 Å². The van der Waals surface area contributed by atoms with Gasteiger partial charge in [-0.25, -0.2) is 0 Å². The normalized spacial score (nSPS) is 24.6. The topological polar surface area (TPSA) is 89.9 Å². The van der Waals surface area contributed by atoms with Crippen LogP contribution in [0.3, 0.4) is 0 Å². The van der Waals surface area contributed by atoms with Crippen molar-refractivity contribution in [3.05, 3.63) is 11.6 Å². The van der Waals surface area contributed by atoms with Gasteiger partial charge in [0.1, 0.15) is 6.10 Å². The van der Waals surface area contributed by atoms with Crippen molar-refractivity contribution in [3.63, 3.8) is 0 Å². The van der Waals surface area contributed by atoms with Crippen LogP contribution in [-0.4, -0.2) is 41.6 Å². The van der Waals surface area contributed by atoms with Gasteiger partial charge in [0.25, 0.3) is 0 Å². The Morgan fingerprint density at radius 3 is 2.26 bits per heavy atom. The molecule has 1 aliphatic carbocycles. The van der Waals surface area contributed by atoms with Crippen molar-refractivity contribution in [2.75, 3.05) is 6.61 Å². The highest BCUT2D eigenvalue weighted by atomic mass is 16.6. The molecule has 0 radical (unpaired) electrons. The first kappa shape index (κ1) is 19.4. The molecule has 1 rings (SSSR count). The number of carbonyl (C=O) groups is 3. The number of esters is 2. The minimum Gasteiger partial charge on any atom is -0.458 e. The molecule has 0 saturated heterocycles. The number of carbonyl (C=O) groups excluding carboxylic acids is 3. The van der Waals surface area contributed by atoms with E-state index in [4.69, 9.17) is 9.47 Å². The summed E-state index contributed by atoms with van der Waals surface area (Å²) in [6, 6.07) is 0. The van der Waals surface area contributed by atoms with Crippen molar-refractivity contribution in [1.29, 1.82) is 0 Å². The summed E-state index contributed by atoms with van der Waals surface area (Å²) in [6.45, 7) is 8.29. The van der Waals surface area contributed by atoms with Gasteiger partial charge in [0, 0.05) is 24.8 Å². The Bertz CT molecular complexity index is 491. The number of hydrogen-bond acceptors (Lipinski definition) is 6. The summed E-state index contributed by atoms with van der Waals surface area (Å²) in [5.41, 5.74) is 0.107. The molecule has 0 aromatic rings. The van der Waals surface area contributed by atoms with Gasteiger partial charge in [-0.2, -0.15) is 0 Å². The molecule has 6 nitrogen and oxygen atoms in total. The summed E-state index contributed by atoms with van der Waals surface area (Å²) in [5.74, 6) is -1.81. The molecule has 130 valence electrons. The number of Topliss-reactive ketones (excluding diaryl/α,β-unsaturated/α-hetero) is 1. The van der Waals surface area contributed by atoms with Gasteiger partial charge in [-0.3, -0.25) is 14.4 Å². The molecule has 23 heavy (non-hydrogen) atoms. The fourth-order valence-electron chi connectivity index (χ4n) is 2.74. The molecule has 6 heteroatoms. The summed E-state index contributed by atoms with van der Waals surface area (Å²) in [6.07, 6.45) is -0.0893. The third-order valence-electron chi connectivity index (χ3n) is 3.74. The Balaban J connectivity index is 3.12. The van der Waals surface area contributed by atoms with Crippen LogP contribution in [0.15, 0.2) is 11.6 Å². The molecule has 0 bridgehead atoms. The largest absolute Gasteiger partial charge is 0.458 e. The maximum Gasteiger partial charge on any atom is 0.306 e. The molecule has 1 N–H and O–H groups in total. The quantitative estimate of drug-likeness (QED) is 0.747. The molecule has 1 aliphatic rings. The smallest absolute Gasteiger partial charge is 0.306 e. The van der Waals surface area contributed by atoms with Crippen molar-refractivity contribution in [2.24, 2.45) is 17.8 Å². The molecule has 0 aliphatic heterocycles. The molecule has 0 unspecified atom stereocenters. The van der Waals surface area contributed by atoms with Crippen molar-refractivity contribution in [3.8, 4) is 0 Å². The van der Waals surface area contributed by atoms with E-state index in [1.54, 1.807) is 0 Å². The lowest BCUT2D eigenvalue weighted by Crippen LogP contribution is -2.48. The number of hydrogen-bond donors (Lipinski definition) is 1. The zero-order valence-corrected chi connectivity index (χ0v) is 14.4. The lowest BCUT2D eigenvalue weighted by atomic mass is 9.77. The predicted octanol–water partition coefficient (Wildman–Crippen LogP) is 1.65. The van der Waals surface area contributed by atoms with Gasteiger partial charge < -0.3 is 14.6 Å². The Kier molecular flexibility index (Phi) is 6.94. The van der Waals surface area contributed by atoms with Crippen molar-refractivity contribution >= 4 is 17.7 Å². The second kappa shape index (κ2) is 8.24. The van der Waals surface area contributed by atoms with E-state index in [1.165, 1.54) is 13.0 Å². The van der Waals surface area contributed by atoms with E-state index < -0.39 is 42.5 Å². The molecular weight excluding hydrogens is 300 g/mol. The molecule has 0 fully saturated rings. The van der Waals surface area contributed by atoms with Crippen molar-refractivity contribution < 1.29 is 29.0 Å². The summed E-state index contributed by atoms with van der Waals surface area (Å²) in [7, 11) is 0. The van der Waals surface area contributed by atoms with Crippen molar-refractivity contribution in [2.45, 2.75) is 53.2 Å². The van der Waals surface area contributed by atoms with Gasteiger partial charge in [-0.05, 0) is 17.9 Å². The summed E-state index contributed by atoms with van der Waals surface area (Å²) >= 11 is 0. The molecule has 0 aromatic carbocycles. The number of aliphatic hydroxyl groups excluding tert-OH is 1. The van der Waals surface area contributed by atoms with Crippen LogP contribution in [0.5, 0.6) is 0 Å². The van der Waals surface area contributed by atoms with Crippen LogP contribution in [0.25, 0.3) is 0 Å². The summed E-state index contributed by atoms with van der Waals surface area (Å²) < 4.78 is 10.7. The molecule has 0 amide bonds. The lowest BCUT2D eigenvalue weighted by Gasteiger charge is -2.37. The number of ketones is 1. The summed E-state index contributed by atoms with van der Waals surface area (Å²) in [4.78, 5) is 35.8. The summed E-state index contributed by atoms with van der Waals surface area (Å²) in [5, 5.41) is 9.37. The van der Waals surface area contributed by atoms with Gasteiger partial charge >= 0.3 is 11.9 Å². The Labute approximate surface area is 136 Å². The highest BCUT2D eigenvalue weighted by molar-refractivity contribution is 6.01. The monoisotopic (exact) mass is 326 g/mol. The Hall–Kier alpha value is -1.69. The zero-order chi connectivity index (χ0) is 17.7. The highest BCUT2D eigenvalue weighted by Crippen LogP contribution is 2.32. The Morgan fingerprint density at radius 2 is 1.83 bits per heavy atom. The van der Waals surface area contributed by atoms with E-state index in [-0.39, 0.29) is 23.8 Å². The number of rotatable bonds is 6. The van der Waals surface area contributed by atoms with Crippen LogP contribution < -0.4 is 0 Å². The lowest BCUT2D eigenvalue weighted by molar-refractivity contribution is -0.167. The first-order valence-electron chi connectivity index (χ1n) is 7.89. The van der Waals surface area contributed by atoms with Gasteiger partial charge in [-0.15, -0.1) is 0 Å². The molecule has 3 atom stereocenters. The van der Waals surface area contributed by atoms with Crippen LogP contribution >= 0.6 is 0 Å². The standard InChI is InChI=1S/C17H26O6/c1-9(2)6-14(20)23-17-15(10(3)4)13(22-11(5)19)7-12(8-18)16(17)21/h7,9-10,13,15,17-18H,6,8H2,1-5H3/t13-,15-,17+/m0/s1. The van der Waals surface area contributed by atoms with E-state index in [2.05, 4.69) is 0 Å². The fourth-order valence-corrected chi connectivity index (χ4v) is 2.74. The van der Waals surface area contributed by atoms with Gasteiger partial charge in [0.15, 0.2) is 6.10 Å². The molecule has 0 saturated carbocycles. The SMILES string of the molecule is CC(=O)O[C@H]1C=C(CO)C(=O)[C@H](OC(=O)CC(C)C)[C@H]1C(C)C. The maximum atomic E-state index is 12.5. The van der Waals surface area contributed by atoms with E-state index in [0.717, 1.165) is 0 Å². The van der Waals surface area contributed by atoms with Crippen molar-refractivity contribution in [1.82, 2.24) is 0 Å². The number of aliphatic hydroxyl groups is 1. The first-order valence-corrected chi connectivity index (χ1v) is 7.89. The van der Waals surface area contributed by atoms with E-state index in [9.17, 15) is 19.5 Å². The van der Waals surface area contributed by atoms with E-state index >= 15 is 0 Å². The zero-order valence-electron chi connectivity index (χ0n) is 14.4. The highest BCUT2D eigenvalue weighted by Gasteiger charge is 2.44. The molecule has 0 spiro atoms. The van der Waals surface area contributed by atoms with Crippen LogP contribution in [0, 0.1) is 17.8 Å². The Morgan fingerprint density at radius 1 is 1.22 bits per heavy atom. The third kappa shape index (κ3) is 5.16. The van der Waals surface area contributed by atoms with Gasteiger partial charge in [-0.1, -0.05) is 27.7 Å². The maximum absolute atomic E-state index is 12.5. The minimum atomic E-state index is -1.04. The second-order valence-corrected chi connectivity index (χ2v) is 6.62. The average molecular weight is 326 g/mol. The van der Waals surface area contributed by atoms with E-state index in [1.807, 2.05) is 27.7 Å². The minimum absolute atomic E-state index is 0.0587. The van der Waals surface area contributed by atoms with Gasteiger partial charge in [0.2, 0.25) is 5.78 Å². The fraction of sp³-hybridized carbons (Fsp3) is 0.706. The first-order chi connectivity index (χ1) is 10.7. The van der Waals surface area contributed by atoms with Crippen LogP contribution in [0.4, 0.5) is 0 Å². The number of ether oxygens (including phenoxy) is 2.